The van der Waals surface area contributed by atoms with Crippen molar-refractivity contribution in [1.29, 1.82) is 0 Å². The second-order valence-electron chi connectivity index (χ2n) is 7.20. The van der Waals surface area contributed by atoms with Crippen LogP contribution in [0.4, 0.5) is 4.39 Å². The number of nitrogens with zero attached hydrogens (tertiary/aromatic N) is 3. The van der Waals surface area contributed by atoms with Gasteiger partial charge in [-0.1, -0.05) is 12.1 Å². The summed E-state index contributed by atoms with van der Waals surface area (Å²) < 4.78 is 20.4. The van der Waals surface area contributed by atoms with E-state index in [0.29, 0.717) is 24.2 Å². The number of hydrogen-bond acceptors (Lipinski definition) is 4. The lowest BCUT2D eigenvalue weighted by Gasteiger charge is -2.12. The average Bonchev–Trinajstić information content (AvgIpc) is 3.34. The second-order valence-corrected chi connectivity index (χ2v) is 7.20. The average molecular weight is 382 g/mol. The van der Waals surface area contributed by atoms with Gasteiger partial charge in [-0.25, -0.2) is 13.9 Å². The van der Waals surface area contributed by atoms with Gasteiger partial charge in [-0.2, -0.15) is 5.10 Å². The number of aryl methyl sites for hydroxylation is 2. The fraction of sp³-hybridized carbons (Fsp3) is 0.381. The first kappa shape index (κ1) is 18.6. The Labute approximate surface area is 162 Å². The number of hydrogen-bond donors (Lipinski definition) is 1. The molecule has 1 amide bonds. The third kappa shape index (κ3) is 3.62. The first-order valence-corrected chi connectivity index (χ1v) is 9.51. The Morgan fingerprint density at radius 1 is 1.32 bits per heavy atom. The van der Waals surface area contributed by atoms with Crippen molar-refractivity contribution >= 4 is 11.6 Å². The van der Waals surface area contributed by atoms with E-state index in [-0.39, 0.29) is 17.8 Å². The summed E-state index contributed by atoms with van der Waals surface area (Å²) in [5.41, 5.74) is 4.78. The predicted octanol–water partition coefficient (Wildman–Crippen LogP) is 2.98. The second kappa shape index (κ2) is 7.67. The van der Waals surface area contributed by atoms with Crippen LogP contribution in [0.3, 0.4) is 0 Å². The third-order valence-electron chi connectivity index (χ3n) is 5.26. The Morgan fingerprint density at radius 2 is 2.11 bits per heavy atom. The van der Waals surface area contributed by atoms with E-state index in [1.54, 1.807) is 22.8 Å². The van der Waals surface area contributed by atoms with Gasteiger partial charge in [0.1, 0.15) is 11.4 Å². The summed E-state index contributed by atoms with van der Waals surface area (Å²) >= 11 is 0. The van der Waals surface area contributed by atoms with E-state index < -0.39 is 0 Å². The van der Waals surface area contributed by atoms with Gasteiger partial charge in [0.15, 0.2) is 5.65 Å². The van der Waals surface area contributed by atoms with Gasteiger partial charge in [0, 0.05) is 31.0 Å². The highest BCUT2D eigenvalue weighted by Crippen LogP contribution is 2.21. The van der Waals surface area contributed by atoms with Gasteiger partial charge in [0.25, 0.3) is 5.91 Å². The fourth-order valence-corrected chi connectivity index (χ4v) is 3.64. The van der Waals surface area contributed by atoms with Crippen molar-refractivity contribution in [2.75, 3.05) is 13.2 Å². The summed E-state index contributed by atoms with van der Waals surface area (Å²) in [5, 5.41) is 7.30. The maximum absolute atomic E-state index is 13.2. The minimum Gasteiger partial charge on any atom is -0.376 e. The van der Waals surface area contributed by atoms with E-state index in [1.165, 1.54) is 12.1 Å². The number of aromatic nitrogens is 3. The van der Waals surface area contributed by atoms with Gasteiger partial charge in [-0.3, -0.25) is 4.79 Å². The molecule has 1 atom stereocenters. The summed E-state index contributed by atoms with van der Waals surface area (Å²) in [5.74, 6) is -0.445. The molecule has 1 unspecified atom stereocenters. The van der Waals surface area contributed by atoms with Crippen LogP contribution in [-0.4, -0.2) is 39.8 Å². The van der Waals surface area contributed by atoms with E-state index in [1.807, 2.05) is 13.8 Å². The number of nitrogens with one attached hydrogen (secondary N) is 1. The van der Waals surface area contributed by atoms with Crippen molar-refractivity contribution in [3.05, 3.63) is 64.4 Å². The fourth-order valence-electron chi connectivity index (χ4n) is 3.64. The van der Waals surface area contributed by atoms with E-state index in [9.17, 15) is 9.18 Å². The molecule has 0 radical (unpaired) electrons. The molecule has 1 fully saturated rings. The van der Waals surface area contributed by atoms with Crippen molar-refractivity contribution in [3.8, 4) is 0 Å². The minimum absolute atomic E-state index is 0.0875. The number of carbonyl (C=O) groups is 1. The lowest BCUT2D eigenvalue weighted by atomic mass is 10.0. The van der Waals surface area contributed by atoms with Gasteiger partial charge in [-0.05, 0) is 49.9 Å². The zero-order valence-electron chi connectivity index (χ0n) is 16.0. The van der Waals surface area contributed by atoms with Crippen LogP contribution >= 0.6 is 0 Å². The molecule has 28 heavy (non-hydrogen) atoms. The van der Waals surface area contributed by atoms with Crippen LogP contribution in [0.15, 0.2) is 30.5 Å². The summed E-state index contributed by atoms with van der Waals surface area (Å²) in [6.07, 6.45) is 4.28. The van der Waals surface area contributed by atoms with Crippen LogP contribution in [0.2, 0.25) is 0 Å². The van der Waals surface area contributed by atoms with Crippen molar-refractivity contribution in [1.82, 2.24) is 19.9 Å². The Kier molecular flexibility index (Phi) is 5.09. The molecule has 0 bridgehead atoms. The predicted molar refractivity (Wildman–Crippen MR) is 103 cm³/mol. The number of rotatable bonds is 5. The maximum Gasteiger partial charge on any atom is 0.256 e. The minimum atomic E-state index is -0.253. The Bertz CT molecular complexity index is 1010. The number of amides is 1. The van der Waals surface area contributed by atoms with Crippen LogP contribution < -0.4 is 5.32 Å². The summed E-state index contributed by atoms with van der Waals surface area (Å²) in [6.45, 7) is 5.14. The molecule has 1 N–H and O–H groups in total. The lowest BCUT2D eigenvalue weighted by Crippen LogP contribution is -2.31. The SMILES string of the molecule is Cc1nc2c(C(=O)NCC3CCCO3)cnn2c(C)c1Cc1ccc(F)cc1. The van der Waals surface area contributed by atoms with Crippen LogP contribution in [0.25, 0.3) is 5.65 Å². The van der Waals surface area contributed by atoms with E-state index in [2.05, 4.69) is 15.4 Å². The van der Waals surface area contributed by atoms with Crippen molar-refractivity contribution < 1.29 is 13.9 Å². The number of carbonyl (C=O) groups excluding carboxylic acids is 1. The molecule has 6 nitrogen and oxygen atoms in total. The molecule has 1 aliphatic heterocycles. The molecule has 0 aliphatic carbocycles. The highest BCUT2D eigenvalue weighted by Gasteiger charge is 2.21. The molecule has 1 aliphatic rings. The molecule has 0 spiro atoms. The first-order valence-electron chi connectivity index (χ1n) is 9.51. The molecule has 1 saturated heterocycles. The van der Waals surface area contributed by atoms with Crippen molar-refractivity contribution in [2.45, 2.75) is 39.2 Å². The Hall–Kier alpha value is -2.80. The van der Waals surface area contributed by atoms with Crippen LogP contribution in [0.1, 0.15) is 45.7 Å². The smallest absolute Gasteiger partial charge is 0.256 e. The number of fused-ring (bicyclic) bond motifs is 1. The molecule has 4 rings (SSSR count). The Morgan fingerprint density at radius 3 is 2.82 bits per heavy atom. The Balaban J connectivity index is 1.59. The lowest BCUT2D eigenvalue weighted by molar-refractivity contribution is 0.0859. The molecular weight excluding hydrogens is 359 g/mol. The quantitative estimate of drug-likeness (QED) is 0.737. The van der Waals surface area contributed by atoms with Gasteiger partial charge >= 0.3 is 0 Å². The van der Waals surface area contributed by atoms with Gasteiger partial charge in [0.05, 0.1) is 12.3 Å². The van der Waals surface area contributed by atoms with Gasteiger partial charge in [0.2, 0.25) is 0 Å². The molecule has 0 saturated carbocycles. The number of benzene rings is 1. The first-order chi connectivity index (χ1) is 13.5. The molecular formula is C21H23FN4O2. The highest BCUT2D eigenvalue weighted by atomic mass is 19.1. The van der Waals surface area contributed by atoms with Crippen molar-refractivity contribution in [2.24, 2.45) is 0 Å². The van der Waals surface area contributed by atoms with E-state index >= 15 is 0 Å². The van der Waals surface area contributed by atoms with Crippen LogP contribution in [-0.2, 0) is 11.2 Å². The maximum atomic E-state index is 13.2. The molecule has 146 valence electrons. The molecule has 7 heteroatoms. The molecule has 3 heterocycles. The summed E-state index contributed by atoms with van der Waals surface area (Å²) in [4.78, 5) is 17.3. The van der Waals surface area contributed by atoms with Gasteiger partial charge in [-0.15, -0.1) is 0 Å². The zero-order valence-corrected chi connectivity index (χ0v) is 16.0. The highest BCUT2D eigenvalue weighted by molar-refractivity contribution is 5.99. The topological polar surface area (TPSA) is 68.5 Å². The number of halogens is 1. The normalized spacial score (nSPS) is 16.6. The summed E-state index contributed by atoms with van der Waals surface area (Å²) in [6, 6.07) is 6.45. The monoisotopic (exact) mass is 382 g/mol. The van der Waals surface area contributed by atoms with E-state index in [4.69, 9.17) is 4.74 Å². The molecule has 2 aromatic heterocycles. The third-order valence-corrected chi connectivity index (χ3v) is 5.26. The summed E-state index contributed by atoms with van der Waals surface area (Å²) in [7, 11) is 0. The van der Waals surface area contributed by atoms with Crippen LogP contribution in [0.5, 0.6) is 0 Å². The molecule has 3 aromatic rings. The van der Waals surface area contributed by atoms with Crippen LogP contribution in [0, 0.1) is 19.7 Å². The standard InChI is InChI=1S/C21H23FN4O2/c1-13-18(10-15-5-7-16(22)8-6-15)14(2)26-20(25-13)19(12-24-26)21(27)23-11-17-4-3-9-28-17/h5-8,12,17H,3-4,9-11H2,1-2H3,(H,23,27). The van der Waals surface area contributed by atoms with Gasteiger partial charge < -0.3 is 10.1 Å². The van der Waals surface area contributed by atoms with Crippen molar-refractivity contribution in [3.63, 3.8) is 0 Å². The largest absolute Gasteiger partial charge is 0.376 e. The van der Waals surface area contributed by atoms with E-state index in [0.717, 1.165) is 42.0 Å². The molecule has 1 aromatic carbocycles. The number of ether oxygens (including phenoxy) is 1. The zero-order chi connectivity index (χ0) is 19.7.